The fraction of sp³-hybridized carbons (Fsp3) is 0.440. The number of amides is 1. The first kappa shape index (κ1) is 21.4. The Balaban J connectivity index is 1.65. The molecule has 2 N–H and O–H groups in total. The molecule has 0 saturated carbocycles. The molecular weight excluding hydrogens is 386 g/mol. The first-order valence-electron chi connectivity index (χ1n) is 11.1. The van der Waals surface area contributed by atoms with E-state index in [1.807, 2.05) is 30.5 Å². The van der Waals surface area contributed by atoms with E-state index >= 15 is 0 Å². The van der Waals surface area contributed by atoms with Crippen LogP contribution in [0, 0.1) is 6.92 Å². The van der Waals surface area contributed by atoms with Crippen LogP contribution in [0.2, 0.25) is 0 Å². The highest BCUT2D eigenvalue weighted by Gasteiger charge is 2.25. The van der Waals surface area contributed by atoms with Crippen LogP contribution < -0.4 is 10.6 Å². The van der Waals surface area contributed by atoms with Gasteiger partial charge in [-0.25, -0.2) is 4.98 Å². The van der Waals surface area contributed by atoms with Gasteiger partial charge in [-0.3, -0.25) is 4.79 Å². The Morgan fingerprint density at radius 2 is 1.74 bits per heavy atom. The van der Waals surface area contributed by atoms with Gasteiger partial charge in [-0.15, -0.1) is 0 Å². The number of nitrogens with one attached hydrogen (secondary N) is 2. The van der Waals surface area contributed by atoms with Gasteiger partial charge in [-0.1, -0.05) is 17.7 Å². The molecule has 0 unspecified atom stereocenters. The van der Waals surface area contributed by atoms with E-state index in [0.29, 0.717) is 5.56 Å². The number of carbonyl (C=O) groups excluding carboxylic acids is 1. The quantitative estimate of drug-likeness (QED) is 0.645. The zero-order valence-electron chi connectivity index (χ0n) is 19.2. The Kier molecular flexibility index (Phi) is 5.75. The number of likely N-dealkylation sites (tertiary alicyclic amines) is 1. The number of piperidine rings is 1. The van der Waals surface area contributed by atoms with Gasteiger partial charge in [-0.05, 0) is 84.9 Å². The van der Waals surface area contributed by atoms with Gasteiger partial charge in [0.05, 0.1) is 5.56 Å². The molecule has 0 radical (unpaired) electrons. The van der Waals surface area contributed by atoms with Gasteiger partial charge in [0, 0.05) is 28.9 Å². The lowest BCUT2D eigenvalue weighted by Crippen LogP contribution is -2.43. The molecule has 1 fully saturated rings. The van der Waals surface area contributed by atoms with Crippen molar-refractivity contribution in [3.63, 3.8) is 0 Å². The van der Waals surface area contributed by atoms with Crippen LogP contribution in [0.5, 0.6) is 0 Å². The molecule has 2 aromatic heterocycles. The second kappa shape index (κ2) is 8.35. The summed E-state index contributed by atoms with van der Waals surface area (Å²) in [5.41, 5.74) is 3.53. The molecule has 6 heteroatoms. The summed E-state index contributed by atoms with van der Waals surface area (Å²) in [6.07, 6.45) is 3.93. The summed E-state index contributed by atoms with van der Waals surface area (Å²) in [5.74, 6) is 0.755. The highest BCUT2D eigenvalue weighted by Crippen LogP contribution is 2.29. The molecule has 1 amide bonds. The van der Waals surface area contributed by atoms with Gasteiger partial charge in [0.25, 0.3) is 5.91 Å². The maximum Gasteiger partial charge on any atom is 0.253 e. The van der Waals surface area contributed by atoms with Crippen LogP contribution in [0.25, 0.3) is 11.0 Å². The van der Waals surface area contributed by atoms with Crippen LogP contribution in [0.4, 0.5) is 11.5 Å². The molecule has 1 saturated heterocycles. The molecule has 4 rings (SSSR count). The smallest absolute Gasteiger partial charge is 0.253 e. The topological polar surface area (TPSA) is 62.2 Å². The van der Waals surface area contributed by atoms with Crippen molar-refractivity contribution < 1.29 is 4.79 Å². The standard InChI is InChI=1S/C25H33N5O/c1-17-6-8-18(9-7-17)26-22-11-10-20-21(16-30(23(20)28-22)25(2,3)4)24(31)27-19-12-14-29(5)15-13-19/h6-11,16,19H,12-15H2,1-5H3,(H,26,28)(H,27,31). The van der Waals surface area contributed by atoms with Gasteiger partial charge in [0.2, 0.25) is 0 Å². The number of hydrogen-bond donors (Lipinski definition) is 2. The summed E-state index contributed by atoms with van der Waals surface area (Å²) in [4.78, 5) is 20.4. The van der Waals surface area contributed by atoms with Crippen molar-refractivity contribution in [2.24, 2.45) is 0 Å². The number of carbonyl (C=O) groups is 1. The summed E-state index contributed by atoms with van der Waals surface area (Å²) < 4.78 is 2.10. The van der Waals surface area contributed by atoms with Crippen LogP contribution in [0.1, 0.15) is 49.5 Å². The molecule has 31 heavy (non-hydrogen) atoms. The van der Waals surface area contributed by atoms with Crippen molar-refractivity contribution in [1.82, 2.24) is 19.8 Å². The van der Waals surface area contributed by atoms with E-state index in [1.54, 1.807) is 0 Å². The Bertz CT molecular complexity index is 1070. The number of benzene rings is 1. The lowest BCUT2D eigenvalue weighted by atomic mass is 10.0. The molecular formula is C25H33N5O. The first-order valence-corrected chi connectivity index (χ1v) is 11.1. The van der Waals surface area contributed by atoms with Crippen LogP contribution in [0.3, 0.4) is 0 Å². The fourth-order valence-corrected chi connectivity index (χ4v) is 4.06. The summed E-state index contributed by atoms with van der Waals surface area (Å²) in [5, 5.41) is 7.51. The Labute approximate surface area is 184 Å². The average molecular weight is 420 g/mol. The Hall–Kier alpha value is -2.86. The van der Waals surface area contributed by atoms with E-state index in [-0.39, 0.29) is 17.5 Å². The van der Waals surface area contributed by atoms with E-state index in [0.717, 1.165) is 48.5 Å². The monoisotopic (exact) mass is 419 g/mol. The van der Waals surface area contributed by atoms with Gasteiger partial charge < -0.3 is 20.1 Å². The van der Waals surface area contributed by atoms with E-state index in [4.69, 9.17) is 4.98 Å². The molecule has 6 nitrogen and oxygen atoms in total. The fourth-order valence-electron chi connectivity index (χ4n) is 4.06. The number of aryl methyl sites for hydroxylation is 1. The predicted octanol–water partition coefficient (Wildman–Crippen LogP) is 4.67. The number of anilines is 2. The first-order chi connectivity index (χ1) is 14.7. The van der Waals surface area contributed by atoms with Crippen LogP contribution in [-0.2, 0) is 5.54 Å². The van der Waals surface area contributed by atoms with Gasteiger partial charge in [0.15, 0.2) is 0 Å². The number of rotatable bonds is 4. The number of nitrogens with zero attached hydrogens (tertiary/aromatic N) is 3. The second-order valence-electron chi connectivity index (χ2n) is 9.69. The highest BCUT2D eigenvalue weighted by atomic mass is 16.1. The number of hydrogen-bond acceptors (Lipinski definition) is 4. The molecule has 0 aliphatic carbocycles. The van der Waals surface area contributed by atoms with E-state index in [9.17, 15) is 4.79 Å². The van der Waals surface area contributed by atoms with Crippen LogP contribution in [0.15, 0.2) is 42.6 Å². The highest BCUT2D eigenvalue weighted by molar-refractivity contribution is 6.06. The Morgan fingerprint density at radius 1 is 1.06 bits per heavy atom. The molecule has 0 spiro atoms. The van der Waals surface area contributed by atoms with Crippen molar-refractivity contribution in [2.75, 3.05) is 25.5 Å². The van der Waals surface area contributed by atoms with Gasteiger partial charge >= 0.3 is 0 Å². The molecule has 1 aliphatic heterocycles. The number of fused-ring (bicyclic) bond motifs is 1. The van der Waals surface area contributed by atoms with E-state index in [2.05, 4.69) is 67.0 Å². The predicted molar refractivity (Wildman–Crippen MR) is 127 cm³/mol. The van der Waals surface area contributed by atoms with Crippen LogP contribution in [-0.4, -0.2) is 46.5 Å². The molecule has 0 bridgehead atoms. The molecule has 1 aromatic carbocycles. The number of pyridine rings is 1. The van der Waals surface area contributed by atoms with Crippen molar-refractivity contribution in [2.45, 2.75) is 52.1 Å². The van der Waals surface area contributed by atoms with Gasteiger partial charge in [-0.2, -0.15) is 0 Å². The molecule has 3 heterocycles. The second-order valence-corrected chi connectivity index (χ2v) is 9.69. The average Bonchev–Trinajstić information content (AvgIpc) is 3.11. The third kappa shape index (κ3) is 4.74. The zero-order valence-corrected chi connectivity index (χ0v) is 19.2. The summed E-state index contributed by atoms with van der Waals surface area (Å²) in [6, 6.07) is 12.4. The maximum atomic E-state index is 13.2. The van der Waals surface area contributed by atoms with Crippen molar-refractivity contribution >= 4 is 28.4 Å². The SMILES string of the molecule is Cc1ccc(Nc2ccc3c(C(=O)NC4CCN(C)CC4)cn(C(C)(C)C)c3n2)cc1. The molecule has 3 aromatic rings. The third-order valence-electron chi connectivity index (χ3n) is 6.00. The molecule has 164 valence electrons. The molecule has 0 atom stereocenters. The van der Waals surface area contributed by atoms with Crippen molar-refractivity contribution in [3.8, 4) is 0 Å². The lowest BCUT2D eigenvalue weighted by molar-refractivity contribution is 0.0918. The largest absolute Gasteiger partial charge is 0.349 e. The van der Waals surface area contributed by atoms with E-state index < -0.39 is 0 Å². The number of aromatic nitrogens is 2. The maximum absolute atomic E-state index is 13.2. The Morgan fingerprint density at radius 3 is 2.39 bits per heavy atom. The normalized spacial score (nSPS) is 15.9. The van der Waals surface area contributed by atoms with Gasteiger partial charge in [0.1, 0.15) is 11.5 Å². The summed E-state index contributed by atoms with van der Waals surface area (Å²) in [6.45, 7) is 10.5. The molecule has 1 aliphatic rings. The summed E-state index contributed by atoms with van der Waals surface area (Å²) in [7, 11) is 2.13. The zero-order chi connectivity index (χ0) is 22.2. The van der Waals surface area contributed by atoms with Crippen molar-refractivity contribution in [3.05, 3.63) is 53.7 Å². The lowest BCUT2D eigenvalue weighted by Gasteiger charge is -2.29. The summed E-state index contributed by atoms with van der Waals surface area (Å²) >= 11 is 0. The third-order valence-corrected chi connectivity index (χ3v) is 6.00. The van der Waals surface area contributed by atoms with E-state index in [1.165, 1.54) is 5.56 Å². The minimum Gasteiger partial charge on any atom is -0.349 e. The minimum atomic E-state index is -0.195. The minimum absolute atomic E-state index is 0.0106. The van der Waals surface area contributed by atoms with Crippen LogP contribution >= 0.6 is 0 Å². The van der Waals surface area contributed by atoms with Crippen molar-refractivity contribution in [1.29, 1.82) is 0 Å².